The predicted octanol–water partition coefficient (Wildman–Crippen LogP) is 2.29. The van der Waals surface area contributed by atoms with E-state index in [2.05, 4.69) is 5.32 Å². The van der Waals surface area contributed by atoms with E-state index < -0.39 is 12.1 Å². The fourth-order valence-corrected chi connectivity index (χ4v) is 2.15. The molecule has 0 heterocycles. The first kappa shape index (κ1) is 13.8. The summed E-state index contributed by atoms with van der Waals surface area (Å²) in [5.74, 6) is -0.691. The summed E-state index contributed by atoms with van der Waals surface area (Å²) in [4.78, 5) is 0. The SMILES string of the molecule is CC(CN)NCC1CCC(C(F)(F)F)CC1. The average molecular weight is 238 g/mol. The highest BCUT2D eigenvalue weighted by atomic mass is 19.4. The molecule has 0 aliphatic heterocycles. The molecule has 0 bridgehead atoms. The predicted molar refractivity (Wildman–Crippen MR) is 58.0 cm³/mol. The van der Waals surface area contributed by atoms with Gasteiger partial charge in [0.05, 0.1) is 5.92 Å². The van der Waals surface area contributed by atoms with Gasteiger partial charge in [0.15, 0.2) is 0 Å². The maximum atomic E-state index is 12.4. The topological polar surface area (TPSA) is 38.0 Å². The van der Waals surface area contributed by atoms with Gasteiger partial charge in [0.25, 0.3) is 0 Å². The number of alkyl halides is 3. The molecule has 1 aliphatic rings. The Morgan fingerprint density at radius 1 is 1.25 bits per heavy atom. The van der Waals surface area contributed by atoms with E-state index in [1.165, 1.54) is 0 Å². The summed E-state index contributed by atoms with van der Waals surface area (Å²) in [6.07, 6.45) is -2.08. The lowest BCUT2D eigenvalue weighted by Crippen LogP contribution is -2.38. The zero-order valence-corrected chi connectivity index (χ0v) is 9.69. The maximum absolute atomic E-state index is 12.4. The van der Waals surface area contributed by atoms with E-state index in [0.29, 0.717) is 25.3 Å². The molecular weight excluding hydrogens is 217 g/mol. The van der Waals surface area contributed by atoms with Crippen molar-refractivity contribution < 1.29 is 13.2 Å². The normalized spacial score (nSPS) is 29.1. The van der Waals surface area contributed by atoms with Crippen molar-refractivity contribution in [1.29, 1.82) is 0 Å². The summed E-state index contributed by atoms with van der Waals surface area (Å²) in [5.41, 5.74) is 5.46. The summed E-state index contributed by atoms with van der Waals surface area (Å²) in [5, 5.41) is 3.25. The van der Waals surface area contributed by atoms with Gasteiger partial charge in [0.2, 0.25) is 0 Å². The second kappa shape index (κ2) is 5.87. The van der Waals surface area contributed by atoms with Gasteiger partial charge in [-0.05, 0) is 45.1 Å². The first-order chi connectivity index (χ1) is 7.43. The molecule has 1 fully saturated rings. The van der Waals surface area contributed by atoms with E-state index in [-0.39, 0.29) is 18.9 Å². The third-order valence-electron chi connectivity index (χ3n) is 3.42. The lowest BCUT2D eigenvalue weighted by atomic mass is 9.81. The molecule has 0 spiro atoms. The Balaban J connectivity index is 2.22. The molecule has 16 heavy (non-hydrogen) atoms. The van der Waals surface area contributed by atoms with Crippen molar-refractivity contribution in [2.24, 2.45) is 17.6 Å². The molecule has 0 aromatic heterocycles. The van der Waals surface area contributed by atoms with Crippen molar-refractivity contribution in [3.8, 4) is 0 Å². The van der Waals surface area contributed by atoms with Gasteiger partial charge >= 0.3 is 6.18 Å². The minimum absolute atomic E-state index is 0.250. The molecule has 0 radical (unpaired) electrons. The first-order valence-electron chi connectivity index (χ1n) is 5.93. The van der Waals surface area contributed by atoms with Crippen LogP contribution in [0.25, 0.3) is 0 Å². The fraction of sp³-hybridized carbons (Fsp3) is 1.00. The molecule has 0 saturated heterocycles. The molecule has 0 aromatic carbocycles. The van der Waals surface area contributed by atoms with Crippen LogP contribution in [0.4, 0.5) is 13.2 Å². The van der Waals surface area contributed by atoms with Gasteiger partial charge in [-0.2, -0.15) is 13.2 Å². The number of hydrogen-bond acceptors (Lipinski definition) is 2. The molecule has 5 heteroatoms. The highest BCUT2D eigenvalue weighted by molar-refractivity contribution is 4.78. The van der Waals surface area contributed by atoms with E-state index in [0.717, 1.165) is 6.54 Å². The Hall–Kier alpha value is -0.290. The largest absolute Gasteiger partial charge is 0.391 e. The van der Waals surface area contributed by atoms with E-state index >= 15 is 0 Å². The van der Waals surface area contributed by atoms with E-state index in [4.69, 9.17) is 5.73 Å². The van der Waals surface area contributed by atoms with Gasteiger partial charge in [-0.3, -0.25) is 0 Å². The standard InChI is InChI=1S/C11H21F3N2/c1-8(6-15)16-7-9-2-4-10(5-3-9)11(12,13)14/h8-10,16H,2-7,15H2,1H3. The van der Waals surface area contributed by atoms with Crippen LogP contribution in [0.2, 0.25) is 0 Å². The van der Waals surface area contributed by atoms with Crippen molar-refractivity contribution in [1.82, 2.24) is 5.32 Å². The number of nitrogens with one attached hydrogen (secondary N) is 1. The number of rotatable bonds is 4. The van der Waals surface area contributed by atoms with Crippen LogP contribution in [0.5, 0.6) is 0 Å². The van der Waals surface area contributed by atoms with E-state index in [1.54, 1.807) is 0 Å². The Bertz CT molecular complexity index is 198. The number of nitrogens with two attached hydrogens (primary N) is 1. The van der Waals surface area contributed by atoms with Crippen molar-refractivity contribution in [3.05, 3.63) is 0 Å². The molecule has 1 rings (SSSR count). The van der Waals surface area contributed by atoms with Gasteiger partial charge < -0.3 is 11.1 Å². The van der Waals surface area contributed by atoms with Gasteiger partial charge in [0.1, 0.15) is 0 Å². The second-order valence-electron chi connectivity index (χ2n) is 4.80. The average Bonchev–Trinajstić information content (AvgIpc) is 2.25. The molecule has 1 atom stereocenters. The molecule has 2 nitrogen and oxygen atoms in total. The van der Waals surface area contributed by atoms with Crippen molar-refractivity contribution >= 4 is 0 Å². The summed E-state index contributed by atoms with van der Waals surface area (Å²) in [6.45, 7) is 3.35. The molecule has 96 valence electrons. The van der Waals surface area contributed by atoms with Crippen LogP contribution in [-0.4, -0.2) is 25.3 Å². The van der Waals surface area contributed by atoms with Crippen molar-refractivity contribution in [2.75, 3.05) is 13.1 Å². The van der Waals surface area contributed by atoms with Gasteiger partial charge in [-0.25, -0.2) is 0 Å². The molecule has 1 saturated carbocycles. The van der Waals surface area contributed by atoms with E-state index in [9.17, 15) is 13.2 Å². The maximum Gasteiger partial charge on any atom is 0.391 e. The lowest BCUT2D eigenvalue weighted by molar-refractivity contribution is -0.183. The van der Waals surface area contributed by atoms with Gasteiger partial charge in [-0.1, -0.05) is 0 Å². The summed E-state index contributed by atoms with van der Waals surface area (Å²) >= 11 is 0. The van der Waals surface area contributed by atoms with Crippen LogP contribution in [0.1, 0.15) is 32.6 Å². The quantitative estimate of drug-likeness (QED) is 0.788. The molecule has 0 aromatic rings. The minimum atomic E-state index is -4.00. The van der Waals surface area contributed by atoms with Gasteiger partial charge in [0, 0.05) is 12.6 Å². The highest BCUT2D eigenvalue weighted by Gasteiger charge is 2.41. The second-order valence-corrected chi connectivity index (χ2v) is 4.80. The monoisotopic (exact) mass is 238 g/mol. The molecule has 1 unspecified atom stereocenters. The van der Waals surface area contributed by atoms with Crippen molar-refractivity contribution in [3.63, 3.8) is 0 Å². The smallest absolute Gasteiger partial charge is 0.329 e. The Morgan fingerprint density at radius 3 is 2.25 bits per heavy atom. The van der Waals surface area contributed by atoms with Crippen LogP contribution >= 0.6 is 0 Å². The third-order valence-corrected chi connectivity index (χ3v) is 3.42. The third kappa shape index (κ3) is 4.29. The van der Waals surface area contributed by atoms with Crippen LogP contribution in [0.3, 0.4) is 0 Å². The Morgan fingerprint density at radius 2 is 1.81 bits per heavy atom. The molecule has 3 N–H and O–H groups in total. The van der Waals surface area contributed by atoms with Crippen molar-refractivity contribution in [2.45, 2.75) is 44.8 Å². The van der Waals surface area contributed by atoms with Gasteiger partial charge in [-0.15, -0.1) is 0 Å². The summed E-state index contributed by atoms with van der Waals surface area (Å²) in [7, 11) is 0. The minimum Gasteiger partial charge on any atom is -0.329 e. The zero-order valence-electron chi connectivity index (χ0n) is 9.69. The zero-order chi connectivity index (χ0) is 12.2. The Kier molecular flexibility index (Phi) is 5.05. The molecular formula is C11H21F3N2. The first-order valence-corrected chi connectivity index (χ1v) is 5.93. The number of halogens is 3. The fourth-order valence-electron chi connectivity index (χ4n) is 2.15. The Labute approximate surface area is 94.8 Å². The van der Waals surface area contributed by atoms with Crippen LogP contribution in [0.15, 0.2) is 0 Å². The molecule has 0 amide bonds. The molecule has 1 aliphatic carbocycles. The van der Waals surface area contributed by atoms with E-state index in [1.807, 2.05) is 6.92 Å². The number of hydrogen-bond donors (Lipinski definition) is 2. The van der Waals surface area contributed by atoms with Crippen LogP contribution in [-0.2, 0) is 0 Å². The summed E-state index contributed by atoms with van der Waals surface area (Å²) in [6, 6.07) is 0.250. The summed E-state index contributed by atoms with van der Waals surface area (Å²) < 4.78 is 37.2. The lowest BCUT2D eigenvalue weighted by Gasteiger charge is -2.30. The highest BCUT2D eigenvalue weighted by Crippen LogP contribution is 2.39. The van der Waals surface area contributed by atoms with Crippen LogP contribution < -0.4 is 11.1 Å². The van der Waals surface area contributed by atoms with Crippen LogP contribution in [0, 0.1) is 11.8 Å².